The highest BCUT2D eigenvalue weighted by atomic mass is 16.4. The lowest BCUT2D eigenvalue weighted by Crippen LogP contribution is -2.44. The fourth-order valence-electron chi connectivity index (χ4n) is 2.99. The Labute approximate surface area is 117 Å². The standard InChI is InChI=1S/C15H18N2O3/c18-14(19)12-4-5-13-11(10-12)6-9-17(13)15(20)16-7-2-1-3-8-16/h4-5,10H,1-3,6-9H2,(H,18,19). The number of hydrogen-bond acceptors (Lipinski definition) is 2. The van der Waals surface area contributed by atoms with Crippen LogP contribution in [0.4, 0.5) is 10.5 Å². The van der Waals surface area contributed by atoms with Crippen molar-refractivity contribution in [2.24, 2.45) is 0 Å². The van der Waals surface area contributed by atoms with Gasteiger partial charge in [0.1, 0.15) is 0 Å². The summed E-state index contributed by atoms with van der Waals surface area (Å²) in [4.78, 5) is 27.2. The molecular formula is C15H18N2O3. The molecule has 20 heavy (non-hydrogen) atoms. The fraction of sp³-hybridized carbons (Fsp3) is 0.467. The minimum atomic E-state index is -0.923. The van der Waals surface area contributed by atoms with E-state index in [-0.39, 0.29) is 11.6 Å². The number of likely N-dealkylation sites (tertiary alicyclic amines) is 1. The molecule has 2 aliphatic heterocycles. The smallest absolute Gasteiger partial charge is 0.335 e. The Kier molecular flexibility index (Phi) is 3.34. The van der Waals surface area contributed by atoms with Crippen LogP contribution in [0.5, 0.6) is 0 Å². The lowest BCUT2D eigenvalue weighted by molar-refractivity contribution is 0.0697. The normalized spacial score (nSPS) is 18.0. The van der Waals surface area contributed by atoms with Crippen molar-refractivity contribution in [3.8, 4) is 0 Å². The van der Waals surface area contributed by atoms with Crippen molar-refractivity contribution in [1.82, 2.24) is 4.90 Å². The summed E-state index contributed by atoms with van der Waals surface area (Å²) in [5.41, 5.74) is 2.11. The highest BCUT2D eigenvalue weighted by Gasteiger charge is 2.29. The molecule has 1 fully saturated rings. The van der Waals surface area contributed by atoms with Crippen molar-refractivity contribution >= 4 is 17.7 Å². The van der Waals surface area contributed by atoms with E-state index in [9.17, 15) is 9.59 Å². The topological polar surface area (TPSA) is 60.9 Å². The van der Waals surface area contributed by atoms with Crippen LogP contribution in [0.15, 0.2) is 18.2 Å². The minimum absolute atomic E-state index is 0.0616. The second-order valence-corrected chi connectivity index (χ2v) is 5.38. The van der Waals surface area contributed by atoms with Gasteiger partial charge in [-0.25, -0.2) is 9.59 Å². The first kappa shape index (κ1) is 13.0. The van der Waals surface area contributed by atoms with E-state index < -0.39 is 5.97 Å². The molecule has 3 rings (SSSR count). The predicted molar refractivity (Wildman–Crippen MR) is 75.3 cm³/mol. The van der Waals surface area contributed by atoms with Crippen LogP contribution in [0.2, 0.25) is 0 Å². The molecule has 0 atom stereocenters. The summed E-state index contributed by atoms with van der Waals surface area (Å²) in [5.74, 6) is -0.923. The SMILES string of the molecule is O=C(O)c1ccc2c(c1)CCN2C(=O)N1CCCCC1. The number of fused-ring (bicyclic) bond motifs is 1. The summed E-state index contributed by atoms with van der Waals surface area (Å²) < 4.78 is 0. The van der Waals surface area contributed by atoms with Gasteiger partial charge in [0.25, 0.3) is 0 Å². The monoisotopic (exact) mass is 274 g/mol. The molecule has 106 valence electrons. The quantitative estimate of drug-likeness (QED) is 0.855. The third-order valence-corrected chi connectivity index (χ3v) is 4.08. The number of piperidine rings is 1. The molecule has 0 spiro atoms. The van der Waals surface area contributed by atoms with Crippen molar-refractivity contribution in [2.45, 2.75) is 25.7 Å². The number of hydrogen-bond donors (Lipinski definition) is 1. The number of carboxylic acids is 1. The number of rotatable bonds is 1. The first-order chi connectivity index (χ1) is 9.66. The molecule has 0 aromatic heterocycles. The Bertz CT molecular complexity index is 550. The highest BCUT2D eigenvalue weighted by molar-refractivity contribution is 5.96. The number of urea groups is 1. The molecule has 1 saturated heterocycles. The van der Waals surface area contributed by atoms with Gasteiger partial charge in [0.2, 0.25) is 0 Å². The van der Waals surface area contributed by atoms with Gasteiger partial charge < -0.3 is 10.0 Å². The summed E-state index contributed by atoms with van der Waals surface area (Å²) >= 11 is 0. The number of amides is 2. The number of anilines is 1. The molecule has 2 heterocycles. The Morgan fingerprint density at radius 2 is 1.80 bits per heavy atom. The van der Waals surface area contributed by atoms with E-state index in [0.29, 0.717) is 6.54 Å². The number of benzene rings is 1. The molecule has 0 unspecified atom stereocenters. The van der Waals surface area contributed by atoms with Crippen molar-refractivity contribution in [1.29, 1.82) is 0 Å². The summed E-state index contributed by atoms with van der Waals surface area (Å²) in [6.07, 6.45) is 4.08. The van der Waals surface area contributed by atoms with Gasteiger partial charge in [-0.1, -0.05) is 0 Å². The van der Waals surface area contributed by atoms with Gasteiger partial charge in [-0.2, -0.15) is 0 Å². The van der Waals surface area contributed by atoms with E-state index in [4.69, 9.17) is 5.11 Å². The maximum absolute atomic E-state index is 12.5. The molecule has 2 aliphatic rings. The molecule has 0 saturated carbocycles. The zero-order chi connectivity index (χ0) is 14.1. The molecule has 0 radical (unpaired) electrons. The summed E-state index contributed by atoms with van der Waals surface area (Å²) in [6.45, 7) is 2.31. The van der Waals surface area contributed by atoms with Crippen LogP contribution >= 0.6 is 0 Å². The molecule has 1 aromatic rings. The van der Waals surface area contributed by atoms with Crippen LogP contribution in [0.3, 0.4) is 0 Å². The maximum atomic E-state index is 12.5. The average molecular weight is 274 g/mol. The van der Waals surface area contributed by atoms with Gasteiger partial charge in [0.15, 0.2) is 0 Å². The Balaban J connectivity index is 1.81. The number of carbonyl (C=O) groups is 2. The van der Waals surface area contributed by atoms with Gasteiger partial charge >= 0.3 is 12.0 Å². The van der Waals surface area contributed by atoms with E-state index in [1.807, 2.05) is 4.90 Å². The van der Waals surface area contributed by atoms with Gasteiger partial charge in [-0.3, -0.25) is 4.90 Å². The van der Waals surface area contributed by atoms with Crippen LogP contribution < -0.4 is 4.90 Å². The maximum Gasteiger partial charge on any atom is 0.335 e. The van der Waals surface area contributed by atoms with Crippen molar-refractivity contribution in [3.63, 3.8) is 0 Å². The summed E-state index contributed by atoms with van der Waals surface area (Å²) in [6, 6.07) is 5.07. The summed E-state index contributed by atoms with van der Waals surface area (Å²) in [7, 11) is 0. The van der Waals surface area contributed by atoms with Crippen LogP contribution in [0.1, 0.15) is 35.2 Å². The zero-order valence-corrected chi connectivity index (χ0v) is 11.3. The molecule has 2 amide bonds. The van der Waals surface area contributed by atoms with Crippen LogP contribution in [-0.4, -0.2) is 41.6 Å². The predicted octanol–water partition coefficient (Wildman–Crippen LogP) is 2.35. The second kappa shape index (κ2) is 5.15. The van der Waals surface area contributed by atoms with Crippen LogP contribution in [0.25, 0.3) is 0 Å². The number of carboxylic acid groups (broad SMARTS) is 1. The van der Waals surface area contributed by atoms with Crippen molar-refractivity contribution in [3.05, 3.63) is 29.3 Å². The van der Waals surface area contributed by atoms with Crippen LogP contribution in [-0.2, 0) is 6.42 Å². The Morgan fingerprint density at radius 1 is 1.05 bits per heavy atom. The number of nitrogens with zero attached hydrogens (tertiary/aromatic N) is 2. The first-order valence-corrected chi connectivity index (χ1v) is 7.09. The zero-order valence-electron chi connectivity index (χ0n) is 11.3. The molecule has 1 aromatic carbocycles. The molecular weight excluding hydrogens is 256 g/mol. The molecule has 5 heteroatoms. The molecule has 0 bridgehead atoms. The van der Waals surface area contributed by atoms with Crippen LogP contribution in [0, 0.1) is 0 Å². The van der Waals surface area contributed by atoms with Gasteiger partial charge in [-0.15, -0.1) is 0 Å². The van der Waals surface area contributed by atoms with Gasteiger partial charge in [0.05, 0.1) is 5.56 Å². The lowest BCUT2D eigenvalue weighted by atomic mass is 10.1. The van der Waals surface area contributed by atoms with E-state index in [2.05, 4.69) is 0 Å². The van der Waals surface area contributed by atoms with Gasteiger partial charge in [-0.05, 0) is 49.4 Å². The number of aromatic carboxylic acids is 1. The molecule has 1 N–H and O–H groups in total. The first-order valence-electron chi connectivity index (χ1n) is 7.09. The van der Waals surface area contributed by atoms with E-state index in [0.717, 1.165) is 43.6 Å². The Hall–Kier alpha value is -2.04. The van der Waals surface area contributed by atoms with Crippen molar-refractivity contribution in [2.75, 3.05) is 24.5 Å². The van der Waals surface area contributed by atoms with E-state index >= 15 is 0 Å². The lowest BCUT2D eigenvalue weighted by Gasteiger charge is -2.31. The second-order valence-electron chi connectivity index (χ2n) is 5.38. The Morgan fingerprint density at radius 3 is 2.50 bits per heavy atom. The minimum Gasteiger partial charge on any atom is -0.478 e. The largest absolute Gasteiger partial charge is 0.478 e. The summed E-state index contributed by atoms with van der Waals surface area (Å²) in [5, 5.41) is 9.01. The third-order valence-electron chi connectivity index (χ3n) is 4.08. The fourth-order valence-corrected chi connectivity index (χ4v) is 2.99. The van der Waals surface area contributed by atoms with Gasteiger partial charge in [0, 0.05) is 25.3 Å². The number of carbonyl (C=O) groups excluding carboxylic acids is 1. The third kappa shape index (κ3) is 2.24. The van der Waals surface area contributed by atoms with E-state index in [1.165, 1.54) is 6.42 Å². The highest BCUT2D eigenvalue weighted by Crippen LogP contribution is 2.30. The molecule has 0 aliphatic carbocycles. The van der Waals surface area contributed by atoms with Crippen molar-refractivity contribution < 1.29 is 14.7 Å². The van der Waals surface area contributed by atoms with E-state index in [1.54, 1.807) is 23.1 Å². The molecule has 5 nitrogen and oxygen atoms in total. The average Bonchev–Trinajstić information content (AvgIpc) is 2.90.